The number of hydrogen-bond donors (Lipinski definition) is 2. The second kappa shape index (κ2) is 7.16. The Balaban J connectivity index is 1.64. The van der Waals surface area contributed by atoms with Crippen LogP contribution < -0.4 is 11.1 Å². The van der Waals surface area contributed by atoms with E-state index < -0.39 is 11.2 Å². The monoisotopic (exact) mass is 380 g/mol. The van der Waals surface area contributed by atoms with Crippen molar-refractivity contribution in [3.05, 3.63) is 34.5 Å². The highest BCUT2D eigenvalue weighted by molar-refractivity contribution is 8.00. The van der Waals surface area contributed by atoms with Gasteiger partial charge in [0.25, 0.3) is 17.0 Å². The summed E-state index contributed by atoms with van der Waals surface area (Å²) < 4.78 is 5.55. The Morgan fingerprint density at radius 1 is 1.29 bits per heavy atom. The Morgan fingerprint density at radius 2 is 2.12 bits per heavy atom. The summed E-state index contributed by atoms with van der Waals surface area (Å²) in [4.78, 5) is 24.4. The first-order chi connectivity index (χ1) is 11.5. The molecule has 10 heteroatoms. The van der Waals surface area contributed by atoms with Gasteiger partial charge in [0.15, 0.2) is 0 Å². The number of thioether (sulfide) groups is 1. The van der Waals surface area contributed by atoms with Crippen molar-refractivity contribution in [2.45, 2.75) is 17.4 Å². The molecule has 3 heterocycles. The fraction of sp³-hybridized carbons (Fsp3) is 0.143. The number of aromatic nitrogens is 2. The van der Waals surface area contributed by atoms with Crippen LogP contribution in [0.1, 0.15) is 17.3 Å². The Morgan fingerprint density at radius 3 is 2.83 bits per heavy atom. The molecular weight excluding hydrogens is 368 g/mol. The maximum atomic E-state index is 12.3. The normalized spacial score (nSPS) is 12.0. The lowest BCUT2D eigenvalue weighted by atomic mass is 10.3. The minimum absolute atomic E-state index is 0.277. The van der Waals surface area contributed by atoms with Crippen LogP contribution in [0.15, 0.2) is 38.6 Å². The topological polar surface area (TPSA) is 111 Å². The molecule has 0 unspecified atom stereocenters. The van der Waals surface area contributed by atoms with Crippen LogP contribution in [0.4, 0.5) is 5.00 Å². The number of hydrogen-bond acceptors (Lipinski definition) is 8. The van der Waals surface area contributed by atoms with E-state index in [-0.39, 0.29) is 5.91 Å². The van der Waals surface area contributed by atoms with Gasteiger partial charge in [-0.25, -0.2) is 0 Å². The summed E-state index contributed by atoms with van der Waals surface area (Å²) in [5.74, 6) is -0.431. The SMILES string of the molecule is C[C@H](Sc1nnc(-c2cccs2)o1)C(=O)Nc1sccc1C(N)=O. The van der Waals surface area contributed by atoms with Crippen molar-refractivity contribution in [1.29, 1.82) is 0 Å². The number of carbonyl (C=O) groups excluding carboxylic acids is 2. The molecule has 3 aromatic heterocycles. The highest BCUT2D eigenvalue weighted by Crippen LogP contribution is 2.29. The zero-order valence-corrected chi connectivity index (χ0v) is 14.8. The van der Waals surface area contributed by atoms with Gasteiger partial charge in [-0.15, -0.1) is 32.9 Å². The molecule has 7 nitrogen and oxygen atoms in total. The number of primary amides is 1. The fourth-order valence-electron chi connectivity index (χ4n) is 1.78. The number of nitrogens with two attached hydrogens (primary N) is 1. The van der Waals surface area contributed by atoms with Crippen molar-refractivity contribution in [3.8, 4) is 10.8 Å². The van der Waals surface area contributed by atoms with Gasteiger partial charge >= 0.3 is 0 Å². The minimum Gasteiger partial charge on any atom is -0.410 e. The van der Waals surface area contributed by atoms with Crippen molar-refractivity contribution in [1.82, 2.24) is 10.2 Å². The largest absolute Gasteiger partial charge is 0.410 e. The summed E-state index contributed by atoms with van der Waals surface area (Å²) in [5, 5.41) is 14.5. The van der Waals surface area contributed by atoms with Gasteiger partial charge < -0.3 is 15.5 Å². The predicted octanol–water partition coefficient (Wildman–Crippen LogP) is 3.08. The lowest BCUT2D eigenvalue weighted by molar-refractivity contribution is -0.115. The Hall–Kier alpha value is -2.17. The Kier molecular flexibility index (Phi) is 4.97. The average Bonchev–Trinajstić information content (AvgIpc) is 3.28. The zero-order valence-electron chi connectivity index (χ0n) is 12.4. The summed E-state index contributed by atoms with van der Waals surface area (Å²) in [7, 11) is 0. The van der Waals surface area contributed by atoms with E-state index in [2.05, 4.69) is 15.5 Å². The molecule has 2 amide bonds. The van der Waals surface area contributed by atoms with Gasteiger partial charge in [0.2, 0.25) is 5.91 Å². The second-order valence-corrected chi connectivity index (χ2v) is 7.78. The van der Waals surface area contributed by atoms with Crippen LogP contribution in [0.25, 0.3) is 10.8 Å². The molecule has 0 aliphatic heterocycles. The third kappa shape index (κ3) is 3.66. The summed E-state index contributed by atoms with van der Waals surface area (Å²) in [5.41, 5.74) is 5.56. The van der Waals surface area contributed by atoms with Gasteiger partial charge in [-0.3, -0.25) is 9.59 Å². The number of nitrogens with zero attached hydrogens (tertiary/aromatic N) is 2. The van der Waals surface area contributed by atoms with Crippen LogP contribution in [0.3, 0.4) is 0 Å². The lowest BCUT2D eigenvalue weighted by Gasteiger charge is -2.09. The highest BCUT2D eigenvalue weighted by Gasteiger charge is 2.21. The van der Waals surface area contributed by atoms with Crippen LogP contribution in [0.2, 0.25) is 0 Å². The van der Waals surface area contributed by atoms with E-state index in [9.17, 15) is 9.59 Å². The standard InChI is InChI=1S/C14H12N4O3S3/c1-7(11(20)16-13-8(10(15)19)4-6-23-13)24-14-18-17-12(21-14)9-3-2-5-22-9/h2-7H,1H3,(H2,15,19)(H,16,20)/t7-/m0/s1. The lowest BCUT2D eigenvalue weighted by Crippen LogP contribution is -2.23. The van der Waals surface area contributed by atoms with E-state index in [1.165, 1.54) is 22.7 Å². The third-order valence-corrected chi connectivity index (χ3v) is 5.57. The first-order valence-electron chi connectivity index (χ1n) is 6.77. The molecule has 0 bridgehead atoms. The Bertz CT molecular complexity index is 856. The maximum absolute atomic E-state index is 12.3. The van der Waals surface area contributed by atoms with Gasteiger partial charge in [0.1, 0.15) is 5.00 Å². The molecule has 0 aliphatic rings. The molecular formula is C14H12N4O3S3. The van der Waals surface area contributed by atoms with Crippen molar-refractivity contribution >= 4 is 51.3 Å². The maximum Gasteiger partial charge on any atom is 0.277 e. The van der Waals surface area contributed by atoms with Crippen LogP contribution >= 0.6 is 34.4 Å². The average molecular weight is 380 g/mol. The quantitative estimate of drug-likeness (QED) is 0.636. The van der Waals surface area contributed by atoms with Gasteiger partial charge in [-0.1, -0.05) is 17.8 Å². The summed E-state index contributed by atoms with van der Waals surface area (Å²) in [6, 6.07) is 5.35. The van der Waals surface area contributed by atoms with Gasteiger partial charge in [-0.2, -0.15) is 0 Å². The van der Waals surface area contributed by atoms with Crippen LogP contribution in [-0.4, -0.2) is 27.3 Å². The van der Waals surface area contributed by atoms with E-state index in [1.807, 2.05) is 17.5 Å². The molecule has 0 radical (unpaired) electrons. The van der Waals surface area contributed by atoms with Crippen molar-refractivity contribution < 1.29 is 14.0 Å². The number of anilines is 1. The molecule has 0 aromatic carbocycles. The van der Waals surface area contributed by atoms with E-state index >= 15 is 0 Å². The Labute approximate surface area is 149 Å². The molecule has 0 saturated carbocycles. The third-order valence-electron chi connectivity index (χ3n) is 2.95. The molecule has 0 aliphatic carbocycles. The fourth-order valence-corrected chi connectivity index (χ4v) is 3.90. The van der Waals surface area contributed by atoms with Crippen LogP contribution in [0.5, 0.6) is 0 Å². The smallest absolute Gasteiger partial charge is 0.277 e. The molecule has 0 fully saturated rings. The first-order valence-corrected chi connectivity index (χ1v) is 9.40. The molecule has 1 atom stereocenters. The van der Waals surface area contributed by atoms with Crippen LogP contribution in [0, 0.1) is 0 Å². The molecule has 0 spiro atoms. The molecule has 124 valence electrons. The van der Waals surface area contributed by atoms with Gasteiger partial charge in [0.05, 0.1) is 15.7 Å². The molecule has 24 heavy (non-hydrogen) atoms. The molecule has 3 aromatic rings. The number of carbonyl (C=O) groups is 2. The van der Waals surface area contributed by atoms with Crippen LogP contribution in [-0.2, 0) is 4.79 Å². The summed E-state index contributed by atoms with van der Waals surface area (Å²) >= 11 is 3.88. The minimum atomic E-state index is -0.579. The number of thiophene rings is 2. The van der Waals surface area contributed by atoms with Crippen molar-refractivity contribution in [3.63, 3.8) is 0 Å². The number of rotatable bonds is 6. The van der Waals surface area contributed by atoms with Gasteiger partial charge in [-0.05, 0) is 29.8 Å². The zero-order chi connectivity index (χ0) is 17.1. The van der Waals surface area contributed by atoms with E-state index in [4.69, 9.17) is 10.2 Å². The van der Waals surface area contributed by atoms with E-state index in [0.29, 0.717) is 21.7 Å². The van der Waals surface area contributed by atoms with E-state index in [0.717, 1.165) is 16.6 Å². The van der Waals surface area contributed by atoms with Gasteiger partial charge in [0, 0.05) is 0 Å². The molecule has 0 saturated heterocycles. The van der Waals surface area contributed by atoms with Crippen molar-refractivity contribution in [2.75, 3.05) is 5.32 Å². The number of nitrogens with one attached hydrogen (secondary N) is 1. The summed E-state index contributed by atoms with van der Waals surface area (Å²) in [6.45, 7) is 1.71. The second-order valence-electron chi connectivity index (χ2n) is 4.63. The number of amides is 2. The first kappa shape index (κ1) is 16.7. The van der Waals surface area contributed by atoms with E-state index in [1.54, 1.807) is 18.4 Å². The highest BCUT2D eigenvalue weighted by atomic mass is 32.2. The predicted molar refractivity (Wildman–Crippen MR) is 94.4 cm³/mol. The molecule has 3 N–H and O–H groups in total. The van der Waals surface area contributed by atoms with Crippen molar-refractivity contribution in [2.24, 2.45) is 5.73 Å². The molecule has 3 rings (SSSR count). The summed E-state index contributed by atoms with van der Waals surface area (Å²) in [6.07, 6.45) is 0.